The summed E-state index contributed by atoms with van der Waals surface area (Å²) in [6.45, 7) is 6.62. The maximum atomic E-state index is 11.9. The molecule has 1 heteroatoms. The molecule has 0 fully saturated rings. The minimum absolute atomic E-state index is 0.378. The van der Waals surface area contributed by atoms with Crippen LogP contribution >= 0.6 is 0 Å². The molecule has 0 aliphatic carbocycles. The highest BCUT2D eigenvalue weighted by Crippen LogP contribution is 1.96. The van der Waals surface area contributed by atoms with Gasteiger partial charge < -0.3 is 0 Å². The van der Waals surface area contributed by atoms with E-state index in [1.54, 1.807) is 0 Å². The lowest BCUT2D eigenvalue weighted by atomic mass is 10.3. The second kappa shape index (κ2) is 3.59. The van der Waals surface area contributed by atoms with Crippen molar-refractivity contribution in [1.29, 1.82) is 0 Å². The summed E-state index contributed by atoms with van der Waals surface area (Å²) in [6.07, 6.45) is 2.27. The van der Waals surface area contributed by atoms with Gasteiger partial charge in [0.2, 0.25) is 0 Å². The zero-order valence-corrected chi connectivity index (χ0v) is 4.23. The zero-order valence-electron chi connectivity index (χ0n) is 4.23. The topological polar surface area (TPSA) is 0 Å². The third-order valence-electron chi connectivity index (χ3n) is 0.648. The summed E-state index contributed by atoms with van der Waals surface area (Å²) in [4.78, 5) is 0. The molecule has 0 aromatic carbocycles. The molecule has 0 bridgehead atoms. The summed E-state index contributed by atoms with van der Waals surface area (Å²) in [5.41, 5.74) is 0. The van der Waals surface area contributed by atoms with Gasteiger partial charge in [-0.05, 0) is 6.42 Å². The van der Waals surface area contributed by atoms with Gasteiger partial charge in [0.25, 0.3) is 0 Å². The van der Waals surface area contributed by atoms with Crippen LogP contribution in [0.4, 0.5) is 4.39 Å². The summed E-state index contributed by atoms with van der Waals surface area (Å²) in [5.74, 6) is 0. The number of alkyl halides is 1. The highest BCUT2D eigenvalue weighted by Gasteiger charge is 1.91. The lowest BCUT2D eigenvalue weighted by Crippen LogP contribution is -1.88. The Hall–Kier alpha value is -0.590. The van der Waals surface area contributed by atoms with Crippen LogP contribution in [0.25, 0.3) is 0 Å². The molecule has 0 rings (SSSR count). The largest absolute Gasteiger partial charge is 0.243 e. The summed E-state index contributed by atoms with van der Waals surface area (Å²) in [7, 11) is 0. The second-order valence-corrected chi connectivity index (χ2v) is 1.28. The first kappa shape index (κ1) is 6.41. The van der Waals surface area contributed by atoms with Gasteiger partial charge in [0.05, 0.1) is 0 Å². The van der Waals surface area contributed by atoms with Gasteiger partial charge in [-0.25, -0.2) is 4.39 Å². The Morgan fingerprint density at radius 3 is 2.29 bits per heavy atom. The molecule has 0 saturated heterocycles. The van der Waals surface area contributed by atoms with Crippen molar-refractivity contribution in [2.24, 2.45) is 0 Å². The molecule has 40 valence electrons. The van der Waals surface area contributed by atoms with Crippen molar-refractivity contribution in [3.63, 3.8) is 0 Å². The Morgan fingerprint density at radius 2 is 2.14 bits per heavy atom. The molecule has 0 saturated carbocycles. The van der Waals surface area contributed by atoms with E-state index in [0.717, 1.165) is 0 Å². The van der Waals surface area contributed by atoms with Gasteiger partial charge in [-0.15, -0.1) is 13.2 Å². The number of rotatable bonds is 3. The zero-order chi connectivity index (χ0) is 5.70. The Labute approximate surface area is 43.4 Å². The predicted octanol–water partition coefficient (Wildman–Crippen LogP) is 2.09. The fraction of sp³-hybridized carbons (Fsp3) is 0.333. The fourth-order valence-electron chi connectivity index (χ4n) is 0.255. The van der Waals surface area contributed by atoms with Crippen molar-refractivity contribution in [1.82, 2.24) is 0 Å². The smallest absolute Gasteiger partial charge is 0.121 e. The number of hydrogen-bond donors (Lipinski definition) is 0. The molecule has 0 heterocycles. The first-order valence-electron chi connectivity index (χ1n) is 2.18. The molecule has 0 aliphatic rings. The van der Waals surface area contributed by atoms with Gasteiger partial charge in [-0.3, -0.25) is 0 Å². The maximum absolute atomic E-state index is 11.9. The summed E-state index contributed by atoms with van der Waals surface area (Å²) in [5, 5.41) is 0. The van der Waals surface area contributed by atoms with Crippen molar-refractivity contribution in [2.45, 2.75) is 12.6 Å². The molecule has 0 aromatic heterocycles. The average Bonchev–Trinajstić information content (AvgIpc) is 1.68. The van der Waals surface area contributed by atoms with Crippen LogP contribution in [0.15, 0.2) is 25.3 Å². The molecular formula is C6H9F. The van der Waals surface area contributed by atoms with Crippen LogP contribution in [0, 0.1) is 0 Å². The maximum Gasteiger partial charge on any atom is 0.121 e. The van der Waals surface area contributed by atoms with Crippen molar-refractivity contribution in [2.75, 3.05) is 0 Å². The van der Waals surface area contributed by atoms with Crippen LogP contribution in [-0.2, 0) is 0 Å². The van der Waals surface area contributed by atoms with E-state index in [1.807, 2.05) is 0 Å². The van der Waals surface area contributed by atoms with Crippen molar-refractivity contribution >= 4 is 0 Å². The van der Waals surface area contributed by atoms with E-state index in [1.165, 1.54) is 12.2 Å². The lowest BCUT2D eigenvalue weighted by Gasteiger charge is -1.91. The molecule has 0 amide bonds. The van der Waals surface area contributed by atoms with Crippen molar-refractivity contribution in [3.05, 3.63) is 25.3 Å². The van der Waals surface area contributed by atoms with Crippen LogP contribution in [0.5, 0.6) is 0 Å². The van der Waals surface area contributed by atoms with Gasteiger partial charge in [-0.2, -0.15) is 0 Å². The normalized spacial score (nSPS) is 12.7. The monoisotopic (exact) mass is 100 g/mol. The minimum Gasteiger partial charge on any atom is -0.243 e. The van der Waals surface area contributed by atoms with E-state index in [0.29, 0.717) is 6.42 Å². The Morgan fingerprint density at radius 1 is 1.57 bits per heavy atom. The van der Waals surface area contributed by atoms with Gasteiger partial charge >= 0.3 is 0 Å². The van der Waals surface area contributed by atoms with Crippen LogP contribution in [0.1, 0.15) is 6.42 Å². The van der Waals surface area contributed by atoms with E-state index in [-0.39, 0.29) is 0 Å². The van der Waals surface area contributed by atoms with E-state index in [9.17, 15) is 4.39 Å². The molecule has 1 atom stereocenters. The first-order chi connectivity index (χ1) is 3.31. The van der Waals surface area contributed by atoms with Gasteiger partial charge in [0.15, 0.2) is 0 Å². The van der Waals surface area contributed by atoms with Crippen LogP contribution < -0.4 is 0 Å². The summed E-state index contributed by atoms with van der Waals surface area (Å²) < 4.78 is 11.9. The molecule has 7 heavy (non-hydrogen) atoms. The Bertz CT molecular complexity index is 66.6. The predicted molar refractivity (Wildman–Crippen MR) is 29.9 cm³/mol. The third-order valence-corrected chi connectivity index (χ3v) is 0.648. The van der Waals surface area contributed by atoms with Crippen molar-refractivity contribution < 1.29 is 4.39 Å². The standard InChI is InChI=1S/C6H9F/c1-3-5-6(7)4-2/h3-4,6H,1-2,5H2. The Balaban J connectivity index is 3.15. The van der Waals surface area contributed by atoms with E-state index < -0.39 is 6.17 Å². The van der Waals surface area contributed by atoms with Crippen molar-refractivity contribution in [3.8, 4) is 0 Å². The second-order valence-electron chi connectivity index (χ2n) is 1.28. The summed E-state index contributed by atoms with van der Waals surface area (Å²) >= 11 is 0. The molecule has 0 aromatic rings. The third kappa shape index (κ3) is 3.23. The molecular weight excluding hydrogens is 91.1 g/mol. The highest BCUT2D eigenvalue weighted by atomic mass is 19.1. The fourth-order valence-corrected chi connectivity index (χ4v) is 0.255. The van der Waals surface area contributed by atoms with E-state index in [4.69, 9.17) is 0 Å². The first-order valence-corrected chi connectivity index (χ1v) is 2.18. The summed E-state index contributed by atoms with van der Waals surface area (Å²) in [6, 6.07) is 0. The van der Waals surface area contributed by atoms with E-state index in [2.05, 4.69) is 13.2 Å². The molecule has 0 spiro atoms. The molecule has 0 nitrogen and oxygen atoms in total. The van der Waals surface area contributed by atoms with Gasteiger partial charge in [-0.1, -0.05) is 12.2 Å². The van der Waals surface area contributed by atoms with Crippen LogP contribution in [-0.4, -0.2) is 6.17 Å². The van der Waals surface area contributed by atoms with Crippen LogP contribution in [0.2, 0.25) is 0 Å². The Kier molecular flexibility index (Phi) is 3.29. The van der Waals surface area contributed by atoms with Gasteiger partial charge in [0, 0.05) is 0 Å². The number of allylic oxidation sites excluding steroid dienone is 2. The highest BCUT2D eigenvalue weighted by molar-refractivity contribution is 4.84. The SMILES string of the molecule is C=CCC(F)C=C. The molecule has 0 N–H and O–H groups in total. The lowest BCUT2D eigenvalue weighted by molar-refractivity contribution is 0.405. The quantitative estimate of drug-likeness (QED) is 0.476. The minimum atomic E-state index is -0.905. The van der Waals surface area contributed by atoms with Crippen LogP contribution in [0.3, 0.4) is 0 Å². The average molecular weight is 100 g/mol. The molecule has 0 radical (unpaired) electrons. The van der Waals surface area contributed by atoms with E-state index >= 15 is 0 Å². The van der Waals surface area contributed by atoms with Gasteiger partial charge in [0.1, 0.15) is 6.17 Å². The molecule has 0 aliphatic heterocycles. The number of halogens is 1. The number of hydrogen-bond acceptors (Lipinski definition) is 0. The molecule has 1 unspecified atom stereocenters.